The van der Waals surface area contributed by atoms with Gasteiger partial charge in [0.05, 0.1) is 11.0 Å². The third-order valence-electron chi connectivity index (χ3n) is 4.83. The SMILES string of the molecule is CC(C)C1CCN(C(=O)C(C)(C)C(C)(C)O)CC1. The van der Waals surface area contributed by atoms with Crippen LogP contribution in [0.2, 0.25) is 0 Å². The highest BCUT2D eigenvalue weighted by molar-refractivity contribution is 5.83. The molecule has 1 aliphatic rings. The molecule has 3 nitrogen and oxygen atoms in total. The Morgan fingerprint density at radius 2 is 1.61 bits per heavy atom. The summed E-state index contributed by atoms with van der Waals surface area (Å²) in [4.78, 5) is 14.4. The van der Waals surface area contributed by atoms with E-state index in [0.29, 0.717) is 5.92 Å². The minimum Gasteiger partial charge on any atom is -0.389 e. The molecule has 0 saturated carbocycles. The van der Waals surface area contributed by atoms with E-state index in [1.165, 1.54) is 0 Å². The largest absolute Gasteiger partial charge is 0.389 e. The van der Waals surface area contributed by atoms with Gasteiger partial charge in [-0.15, -0.1) is 0 Å². The molecule has 0 aromatic carbocycles. The van der Waals surface area contributed by atoms with Crippen molar-refractivity contribution in [3.05, 3.63) is 0 Å². The topological polar surface area (TPSA) is 40.5 Å². The summed E-state index contributed by atoms with van der Waals surface area (Å²) in [5.74, 6) is 1.51. The molecule has 0 bridgehead atoms. The fourth-order valence-corrected chi connectivity index (χ4v) is 2.43. The number of amides is 1. The van der Waals surface area contributed by atoms with Crippen molar-refractivity contribution in [2.75, 3.05) is 13.1 Å². The van der Waals surface area contributed by atoms with Crippen molar-refractivity contribution in [2.45, 2.75) is 60.0 Å². The Balaban J connectivity index is 2.66. The van der Waals surface area contributed by atoms with Crippen LogP contribution in [0.25, 0.3) is 0 Å². The van der Waals surface area contributed by atoms with Crippen molar-refractivity contribution in [3.8, 4) is 0 Å². The zero-order valence-electron chi connectivity index (χ0n) is 12.8. The predicted molar refractivity (Wildman–Crippen MR) is 74.2 cm³/mol. The Labute approximate surface area is 112 Å². The van der Waals surface area contributed by atoms with Crippen LogP contribution in [0.4, 0.5) is 0 Å². The maximum Gasteiger partial charge on any atom is 0.231 e. The van der Waals surface area contributed by atoms with E-state index in [2.05, 4.69) is 13.8 Å². The molecule has 0 spiro atoms. The first-order valence-corrected chi connectivity index (χ1v) is 7.09. The Bertz CT molecular complexity index is 294. The van der Waals surface area contributed by atoms with Crippen LogP contribution in [-0.2, 0) is 4.79 Å². The van der Waals surface area contributed by atoms with Gasteiger partial charge in [0.15, 0.2) is 0 Å². The zero-order chi connectivity index (χ0) is 14.1. The van der Waals surface area contributed by atoms with Crippen LogP contribution in [0.15, 0.2) is 0 Å². The van der Waals surface area contributed by atoms with E-state index < -0.39 is 11.0 Å². The van der Waals surface area contributed by atoms with Crippen LogP contribution in [0.3, 0.4) is 0 Å². The molecule has 106 valence electrons. The van der Waals surface area contributed by atoms with Crippen LogP contribution in [0, 0.1) is 17.3 Å². The fourth-order valence-electron chi connectivity index (χ4n) is 2.43. The molecule has 3 heteroatoms. The highest BCUT2D eigenvalue weighted by atomic mass is 16.3. The van der Waals surface area contributed by atoms with Gasteiger partial charge in [0.1, 0.15) is 0 Å². The number of rotatable bonds is 3. The highest BCUT2D eigenvalue weighted by Gasteiger charge is 2.44. The van der Waals surface area contributed by atoms with Crippen LogP contribution < -0.4 is 0 Å². The second kappa shape index (κ2) is 5.20. The predicted octanol–water partition coefficient (Wildman–Crippen LogP) is 2.68. The minimum atomic E-state index is -0.987. The second-order valence-corrected chi connectivity index (χ2v) is 7.06. The summed E-state index contributed by atoms with van der Waals surface area (Å²) in [5, 5.41) is 10.1. The standard InChI is InChI=1S/C15H29NO2/c1-11(2)12-7-9-16(10-8-12)13(17)14(3,4)15(5,6)18/h11-12,18H,7-10H2,1-6H3. The third-order valence-corrected chi connectivity index (χ3v) is 4.83. The van der Waals surface area contributed by atoms with Crippen LogP contribution in [0.1, 0.15) is 54.4 Å². The van der Waals surface area contributed by atoms with Gasteiger partial charge in [0, 0.05) is 13.1 Å². The summed E-state index contributed by atoms with van der Waals surface area (Å²) < 4.78 is 0. The molecule has 0 radical (unpaired) electrons. The molecular weight excluding hydrogens is 226 g/mol. The number of hydrogen-bond donors (Lipinski definition) is 1. The lowest BCUT2D eigenvalue weighted by Crippen LogP contribution is -2.53. The van der Waals surface area contributed by atoms with E-state index in [-0.39, 0.29) is 5.91 Å². The van der Waals surface area contributed by atoms with Crippen LogP contribution in [-0.4, -0.2) is 34.6 Å². The van der Waals surface area contributed by atoms with E-state index in [4.69, 9.17) is 0 Å². The Morgan fingerprint density at radius 3 is 1.94 bits per heavy atom. The quantitative estimate of drug-likeness (QED) is 0.842. The molecule has 1 rings (SSSR count). The summed E-state index contributed by atoms with van der Waals surface area (Å²) in [6, 6.07) is 0. The van der Waals surface area contributed by atoms with E-state index >= 15 is 0 Å². The number of aliphatic hydroxyl groups is 1. The molecule has 0 aliphatic carbocycles. The van der Waals surface area contributed by atoms with E-state index in [0.717, 1.165) is 31.8 Å². The minimum absolute atomic E-state index is 0.0807. The van der Waals surface area contributed by atoms with Crippen molar-refractivity contribution in [1.29, 1.82) is 0 Å². The molecule has 1 N–H and O–H groups in total. The van der Waals surface area contributed by atoms with Crippen molar-refractivity contribution >= 4 is 5.91 Å². The average Bonchev–Trinajstić information content (AvgIpc) is 2.26. The molecule has 1 saturated heterocycles. The van der Waals surface area contributed by atoms with Crippen LogP contribution >= 0.6 is 0 Å². The summed E-state index contributed by atoms with van der Waals surface area (Å²) >= 11 is 0. The number of carbonyl (C=O) groups excluding carboxylic acids is 1. The molecule has 18 heavy (non-hydrogen) atoms. The third kappa shape index (κ3) is 3.05. The first-order chi connectivity index (χ1) is 8.07. The van der Waals surface area contributed by atoms with Gasteiger partial charge < -0.3 is 10.0 Å². The molecule has 1 fully saturated rings. The lowest BCUT2D eigenvalue weighted by atomic mass is 9.75. The van der Waals surface area contributed by atoms with Gasteiger partial charge in [-0.1, -0.05) is 13.8 Å². The van der Waals surface area contributed by atoms with E-state index in [9.17, 15) is 9.90 Å². The maximum atomic E-state index is 12.5. The number of nitrogens with zero attached hydrogens (tertiary/aromatic N) is 1. The summed E-state index contributed by atoms with van der Waals surface area (Å²) in [6.45, 7) is 13.3. The molecule has 0 atom stereocenters. The van der Waals surface area contributed by atoms with Gasteiger partial charge in [0.25, 0.3) is 0 Å². The normalized spacial score (nSPS) is 19.4. The fraction of sp³-hybridized carbons (Fsp3) is 0.933. The number of hydrogen-bond acceptors (Lipinski definition) is 2. The molecule has 0 unspecified atom stereocenters. The first-order valence-electron chi connectivity index (χ1n) is 7.09. The van der Waals surface area contributed by atoms with Gasteiger partial charge in [-0.2, -0.15) is 0 Å². The van der Waals surface area contributed by atoms with Crippen molar-refractivity contribution in [3.63, 3.8) is 0 Å². The Morgan fingerprint density at radius 1 is 1.17 bits per heavy atom. The van der Waals surface area contributed by atoms with Gasteiger partial charge >= 0.3 is 0 Å². The molecule has 1 heterocycles. The Kier molecular flexibility index (Phi) is 4.47. The molecule has 0 aromatic rings. The van der Waals surface area contributed by atoms with E-state index in [1.807, 2.05) is 18.7 Å². The van der Waals surface area contributed by atoms with Gasteiger partial charge in [-0.05, 0) is 52.4 Å². The van der Waals surface area contributed by atoms with Crippen molar-refractivity contribution in [2.24, 2.45) is 17.3 Å². The monoisotopic (exact) mass is 255 g/mol. The maximum absolute atomic E-state index is 12.5. The summed E-state index contributed by atoms with van der Waals surface area (Å²) in [6.07, 6.45) is 2.18. The molecule has 0 aromatic heterocycles. The molecular formula is C15H29NO2. The lowest BCUT2D eigenvalue weighted by Gasteiger charge is -2.42. The van der Waals surface area contributed by atoms with Crippen molar-refractivity contribution < 1.29 is 9.90 Å². The Hall–Kier alpha value is -0.570. The molecule has 1 aliphatic heterocycles. The molecule has 1 amide bonds. The smallest absolute Gasteiger partial charge is 0.231 e. The highest BCUT2D eigenvalue weighted by Crippen LogP contribution is 2.34. The van der Waals surface area contributed by atoms with Crippen LogP contribution in [0.5, 0.6) is 0 Å². The zero-order valence-corrected chi connectivity index (χ0v) is 12.8. The van der Waals surface area contributed by atoms with Gasteiger partial charge in [-0.3, -0.25) is 4.79 Å². The second-order valence-electron chi connectivity index (χ2n) is 7.06. The first kappa shape index (κ1) is 15.5. The average molecular weight is 255 g/mol. The summed E-state index contributed by atoms with van der Waals surface area (Å²) in [5.41, 5.74) is -1.71. The number of likely N-dealkylation sites (tertiary alicyclic amines) is 1. The number of piperidine rings is 1. The summed E-state index contributed by atoms with van der Waals surface area (Å²) in [7, 11) is 0. The van der Waals surface area contributed by atoms with Gasteiger partial charge in [0.2, 0.25) is 5.91 Å². The number of carbonyl (C=O) groups is 1. The van der Waals surface area contributed by atoms with Gasteiger partial charge in [-0.25, -0.2) is 0 Å². The van der Waals surface area contributed by atoms with E-state index in [1.54, 1.807) is 13.8 Å². The lowest BCUT2D eigenvalue weighted by molar-refractivity contribution is -0.155. The van der Waals surface area contributed by atoms with Crippen molar-refractivity contribution in [1.82, 2.24) is 4.90 Å².